The first-order valence-electron chi connectivity index (χ1n) is 8.35. The lowest BCUT2D eigenvalue weighted by Crippen LogP contribution is -2.39. The Kier molecular flexibility index (Phi) is 6.68. The Bertz CT molecular complexity index is 430. The molecule has 0 saturated carbocycles. The molecule has 1 saturated heterocycles. The van der Waals surface area contributed by atoms with Gasteiger partial charge >= 0.3 is 0 Å². The lowest BCUT2D eigenvalue weighted by atomic mass is 10.1. The van der Waals surface area contributed by atoms with Crippen molar-refractivity contribution in [2.24, 2.45) is 0 Å². The molecular formula is C17H31N3S. The average molecular weight is 310 g/mol. The predicted molar refractivity (Wildman–Crippen MR) is 93.0 cm³/mol. The molecule has 1 fully saturated rings. The van der Waals surface area contributed by atoms with Crippen LogP contribution < -0.4 is 5.32 Å². The topological polar surface area (TPSA) is 18.5 Å². The maximum absolute atomic E-state index is 3.43. The van der Waals surface area contributed by atoms with Gasteiger partial charge in [-0.3, -0.25) is 4.90 Å². The molecule has 1 aromatic heterocycles. The summed E-state index contributed by atoms with van der Waals surface area (Å²) in [5, 5.41) is 3.43. The molecule has 2 rings (SSSR count). The minimum atomic E-state index is 0.703. The summed E-state index contributed by atoms with van der Waals surface area (Å²) in [4.78, 5) is 8.17. The summed E-state index contributed by atoms with van der Waals surface area (Å²) in [5.74, 6) is 0. The lowest BCUT2D eigenvalue weighted by Gasteiger charge is -2.30. The van der Waals surface area contributed by atoms with Crippen molar-refractivity contribution in [2.45, 2.75) is 52.7 Å². The summed E-state index contributed by atoms with van der Waals surface area (Å²) in [5.41, 5.74) is 1.54. The number of rotatable bonds is 6. The molecule has 1 aromatic rings. The first-order valence-corrected chi connectivity index (χ1v) is 9.17. The summed E-state index contributed by atoms with van der Waals surface area (Å²) < 4.78 is 0. The van der Waals surface area contributed by atoms with Crippen molar-refractivity contribution in [3.63, 3.8) is 0 Å². The van der Waals surface area contributed by atoms with Gasteiger partial charge in [0, 0.05) is 42.0 Å². The van der Waals surface area contributed by atoms with E-state index in [1.54, 1.807) is 0 Å². The van der Waals surface area contributed by atoms with Crippen molar-refractivity contribution in [3.05, 3.63) is 21.4 Å². The van der Waals surface area contributed by atoms with Gasteiger partial charge in [-0.1, -0.05) is 13.8 Å². The van der Waals surface area contributed by atoms with Crippen LogP contribution in [0.2, 0.25) is 0 Å². The highest BCUT2D eigenvalue weighted by molar-refractivity contribution is 7.12. The fourth-order valence-corrected chi connectivity index (χ4v) is 4.21. The second-order valence-electron chi connectivity index (χ2n) is 6.22. The van der Waals surface area contributed by atoms with E-state index in [0.717, 1.165) is 19.6 Å². The van der Waals surface area contributed by atoms with E-state index in [-0.39, 0.29) is 0 Å². The van der Waals surface area contributed by atoms with E-state index in [9.17, 15) is 0 Å². The molecule has 120 valence electrons. The molecule has 1 aliphatic rings. The zero-order valence-corrected chi connectivity index (χ0v) is 14.9. The van der Waals surface area contributed by atoms with Crippen molar-refractivity contribution in [1.82, 2.24) is 15.1 Å². The fraction of sp³-hybridized carbons (Fsp3) is 0.765. The third-order valence-corrected chi connectivity index (χ3v) is 5.58. The van der Waals surface area contributed by atoms with Gasteiger partial charge in [-0.2, -0.15) is 0 Å². The van der Waals surface area contributed by atoms with Gasteiger partial charge in [0.05, 0.1) is 0 Å². The van der Waals surface area contributed by atoms with Gasteiger partial charge in [-0.25, -0.2) is 0 Å². The highest BCUT2D eigenvalue weighted by atomic mass is 32.1. The smallest absolute Gasteiger partial charge is 0.0299 e. The van der Waals surface area contributed by atoms with Crippen molar-refractivity contribution in [3.8, 4) is 0 Å². The average Bonchev–Trinajstić information content (AvgIpc) is 2.70. The number of nitrogens with one attached hydrogen (secondary N) is 1. The molecule has 0 amide bonds. The summed E-state index contributed by atoms with van der Waals surface area (Å²) >= 11 is 1.96. The molecular weight excluding hydrogens is 278 g/mol. The Morgan fingerprint density at radius 1 is 1.33 bits per heavy atom. The van der Waals surface area contributed by atoms with Gasteiger partial charge in [0.15, 0.2) is 0 Å². The Morgan fingerprint density at radius 2 is 2.14 bits per heavy atom. The molecule has 0 radical (unpaired) electrons. The van der Waals surface area contributed by atoms with Crippen LogP contribution in [-0.2, 0) is 13.1 Å². The number of aryl methyl sites for hydroxylation is 1. The molecule has 1 aliphatic heterocycles. The molecule has 0 aromatic carbocycles. The minimum absolute atomic E-state index is 0.703. The highest BCUT2D eigenvalue weighted by Gasteiger charge is 2.22. The molecule has 1 unspecified atom stereocenters. The van der Waals surface area contributed by atoms with Gasteiger partial charge in [0.1, 0.15) is 0 Å². The van der Waals surface area contributed by atoms with E-state index in [1.165, 1.54) is 47.8 Å². The fourth-order valence-electron chi connectivity index (χ4n) is 3.19. The molecule has 0 spiro atoms. The summed E-state index contributed by atoms with van der Waals surface area (Å²) in [6, 6.07) is 3.12. The van der Waals surface area contributed by atoms with Crippen molar-refractivity contribution in [2.75, 3.05) is 33.2 Å². The molecule has 1 N–H and O–H groups in total. The van der Waals surface area contributed by atoms with Gasteiger partial charge < -0.3 is 10.2 Å². The van der Waals surface area contributed by atoms with Crippen LogP contribution in [0.4, 0.5) is 0 Å². The Labute approximate surface area is 134 Å². The second-order valence-corrected chi connectivity index (χ2v) is 7.56. The molecule has 0 bridgehead atoms. The van der Waals surface area contributed by atoms with Crippen LogP contribution >= 0.6 is 11.3 Å². The normalized spacial score (nSPS) is 21.6. The van der Waals surface area contributed by atoms with Gasteiger partial charge in [-0.15, -0.1) is 11.3 Å². The molecule has 1 atom stereocenters. The Hall–Kier alpha value is -0.420. The predicted octanol–water partition coefficient (Wildman–Crippen LogP) is 3.08. The van der Waals surface area contributed by atoms with Crippen LogP contribution in [0.1, 0.15) is 42.0 Å². The van der Waals surface area contributed by atoms with E-state index < -0.39 is 0 Å². The summed E-state index contributed by atoms with van der Waals surface area (Å²) in [6.07, 6.45) is 2.54. The maximum Gasteiger partial charge on any atom is 0.0299 e. The quantitative estimate of drug-likeness (QED) is 0.871. The van der Waals surface area contributed by atoms with Gasteiger partial charge in [0.25, 0.3) is 0 Å². The first kappa shape index (κ1) is 16.9. The van der Waals surface area contributed by atoms with E-state index in [1.807, 2.05) is 11.3 Å². The second kappa shape index (κ2) is 8.28. The summed E-state index contributed by atoms with van der Waals surface area (Å²) in [7, 11) is 2.26. The lowest BCUT2D eigenvalue weighted by molar-refractivity contribution is 0.176. The largest absolute Gasteiger partial charge is 0.312 e. The zero-order chi connectivity index (χ0) is 15.2. The third-order valence-electron chi connectivity index (χ3n) is 4.49. The van der Waals surface area contributed by atoms with Crippen molar-refractivity contribution < 1.29 is 0 Å². The van der Waals surface area contributed by atoms with Crippen molar-refractivity contribution in [1.29, 1.82) is 0 Å². The number of hydrogen-bond donors (Lipinski definition) is 1. The van der Waals surface area contributed by atoms with E-state index in [2.05, 4.69) is 49.0 Å². The summed E-state index contributed by atoms with van der Waals surface area (Å²) in [6.45, 7) is 13.6. The van der Waals surface area contributed by atoms with Crippen LogP contribution in [0, 0.1) is 6.92 Å². The first-order chi connectivity index (χ1) is 10.1. The van der Waals surface area contributed by atoms with Gasteiger partial charge in [-0.05, 0) is 51.5 Å². The molecule has 4 heteroatoms. The van der Waals surface area contributed by atoms with E-state index in [4.69, 9.17) is 0 Å². The van der Waals surface area contributed by atoms with Crippen molar-refractivity contribution >= 4 is 11.3 Å². The highest BCUT2D eigenvalue weighted by Crippen LogP contribution is 2.25. The molecule has 21 heavy (non-hydrogen) atoms. The molecule has 0 aliphatic carbocycles. The van der Waals surface area contributed by atoms with Crippen LogP contribution in [0.3, 0.4) is 0 Å². The monoisotopic (exact) mass is 309 g/mol. The zero-order valence-electron chi connectivity index (χ0n) is 14.1. The molecule has 2 heterocycles. The Morgan fingerprint density at radius 3 is 2.86 bits per heavy atom. The third kappa shape index (κ3) is 4.78. The number of hydrogen-bond acceptors (Lipinski definition) is 4. The van der Waals surface area contributed by atoms with E-state index >= 15 is 0 Å². The SMILES string of the molecule is CCNCc1cc(CN2CCCN(C)CC2CC)c(C)s1. The Balaban J connectivity index is 2.03. The maximum atomic E-state index is 3.43. The number of thiophene rings is 1. The molecule has 3 nitrogen and oxygen atoms in total. The van der Waals surface area contributed by atoms with Crippen LogP contribution in [0.5, 0.6) is 0 Å². The minimum Gasteiger partial charge on any atom is -0.312 e. The van der Waals surface area contributed by atoms with E-state index in [0.29, 0.717) is 6.04 Å². The van der Waals surface area contributed by atoms with Gasteiger partial charge in [0.2, 0.25) is 0 Å². The number of nitrogens with zero attached hydrogens (tertiary/aromatic N) is 2. The van der Waals surface area contributed by atoms with Crippen LogP contribution in [-0.4, -0.2) is 49.1 Å². The standard InChI is InChI=1S/C17H31N3S/c1-5-16-13-19(4)8-7-9-20(16)12-15-10-17(11-18-6-2)21-14(15)3/h10,16,18H,5-9,11-13H2,1-4H3. The van der Waals surface area contributed by atoms with Crippen LogP contribution in [0.15, 0.2) is 6.07 Å². The van der Waals surface area contributed by atoms with Crippen LogP contribution in [0.25, 0.3) is 0 Å². The number of likely N-dealkylation sites (N-methyl/N-ethyl adjacent to an activating group) is 1.